The number of benzene rings is 1. The number of ether oxygens (including phenoxy) is 1. The summed E-state index contributed by atoms with van der Waals surface area (Å²) in [5.41, 5.74) is 13.5. The quantitative estimate of drug-likeness (QED) is 0.803. The van der Waals surface area contributed by atoms with E-state index in [4.69, 9.17) is 16.2 Å². The minimum atomic E-state index is -0.816. The second-order valence-electron chi connectivity index (χ2n) is 6.38. The first-order chi connectivity index (χ1) is 11.3. The first-order valence-corrected chi connectivity index (χ1v) is 7.86. The van der Waals surface area contributed by atoms with Gasteiger partial charge in [0.05, 0.1) is 11.1 Å². The van der Waals surface area contributed by atoms with Crippen LogP contribution < -0.4 is 11.5 Å². The lowest BCUT2D eigenvalue weighted by atomic mass is 9.90. The number of fused-ring (bicyclic) bond motifs is 1. The van der Waals surface area contributed by atoms with E-state index in [9.17, 15) is 14.0 Å². The molecule has 7 heteroatoms. The largest absolute Gasteiger partial charge is 0.446 e. The highest BCUT2D eigenvalue weighted by atomic mass is 19.1. The monoisotopic (exact) mass is 333 g/mol. The molecule has 1 fully saturated rings. The predicted octanol–water partition coefficient (Wildman–Crippen LogP) is 2.75. The van der Waals surface area contributed by atoms with Crippen molar-refractivity contribution < 1.29 is 18.7 Å². The Kier molecular flexibility index (Phi) is 3.95. The highest BCUT2D eigenvalue weighted by molar-refractivity contribution is 6.07. The third-order valence-electron chi connectivity index (χ3n) is 4.91. The van der Waals surface area contributed by atoms with E-state index in [2.05, 4.69) is 4.98 Å². The van der Waals surface area contributed by atoms with E-state index in [-0.39, 0.29) is 17.6 Å². The minimum absolute atomic E-state index is 0.104. The van der Waals surface area contributed by atoms with Crippen LogP contribution in [0, 0.1) is 19.7 Å². The summed E-state index contributed by atoms with van der Waals surface area (Å²) in [4.78, 5) is 25.7. The first-order valence-electron chi connectivity index (χ1n) is 7.86. The summed E-state index contributed by atoms with van der Waals surface area (Å²) in [6.07, 6.45) is 0.703. The molecule has 0 aliphatic heterocycles. The molecule has 6 nitrogen and oxygen atoms in total. The molecule has 1 aliphatic rings. The van der Waals surface area contributed by atoms with Crippen molar-refractivity contribution >= 4 is 22.9 Å². The molecule has 1 saturated carbocycles. The molecular weight excluding hydrogens is 313 g/mol. The van der Waals surface area contributed by atoms with Crippen molar-refractivity contribution in [2.75, 3.05) is 0 Å². The molecule has 2 atom stereocenters. The Morgan fingerprint density at radius 2 is 2.00 bits per heavy atom. The number of halogens is 1. The van der Waals surface area contributed by atoms with Crippen LogP contribution in [-0.4, -0.2) is 23.1 Å². The fourth-order valence-corrected chi connectivity index (χ4v) is 3.72. The minimum Gasteiger partial charge on any atom is -0.446 e. The number of aromatic amines is 1. The summed E-state index contributed by atoms with van der Waals surface area (Å²) in [7, 11) is 0. The number of carbonyl (C=O) groups is 2. The Bertz CT molecular complexity index is 843. The summed E-state index contributed by atoms with van der Waals surface area (Å²) >= 11 is 0. The topological polar surface area (TPSA) is 111 Å². The van der Waals surface area contributed by atoms with Crippen molar-refractivity contribution in [3.63, 3.8) is 0 Å². The highest BCUT2D eigenvalue weighted by Gasteiger charge is 2.33. The molecule has 24 heavy (non-hydrogen) atoms. The molecule has 1 aromatic carbocycles. The summed E-state index contributed by atoms with van der Waals surface area (Å²) < 4.78 is 19.9. The van der Waals surface area contributed by atoms with E-state index < -0.39 is 17.8 Å². The number of H-pyrrole nitrogens is 1. The van der Waals surface area contributed by atoms with Crippen LogP contribution >= 0.6 is 0 Å². The third-order valence-corrected chi connectivity index (χ3v) is 4.91. The second kappa shape index (κ2) is 5.81. The zero-order valence-corrected chi connectivity index (χ0v) is 13.6. The standard InChI is InChI=1S/C17H20FN3O3/c1-7-8(2)21-15-11(16(19)22)6-12(18)14(13(7)15)9-3-4-10(5-9)24-17(20)23/h6,9-10,21H,3-5H2,1-2H3,(H2,19,22)(H2,20,23)/t9?,10-/m1/s1. The van der Waals surface area contributed by atoms with Crippen molar-refractivity contribution in [3.8, 4) is 0 Å². The Morgan fingerprint density at radius 3 is 2.62 bits per heavy atom. The van der Waals surface area contributed by atoms with Crippen molar-refractivity contribution in [3.05, 3.63) is 34.3 Å². The molecule has 0 bridgehead atoms. The fraction of sp³-hybridized carbons (Fsp3) is 0.412. The number of nitrogens with one attached hydrogen (secondary N) is 1. The van der Waals surface area contributed by atoms with Crippen molar-refractivity contribution in [2.24, 2.45) is 11.5 Å². The maximum Gasteiger partial charge on any atom is 0.404 e. The molecule has 1 aliphatic carbocycles. The Labute approximate surface area is 138 Å². The average Bonchev–Trinajstić information content (AvgIpc) is 3.04. The molecule has 128 valence electrons. The zero-order chi connectivity index (χ0) is 17.6. The van der Waals surface area contributed by atoms with Gasteiger partial charge in [0, 0.05) is 16.6 Å². The number of nitrogens with two attached hydrogens (primary N) is 2. The molecule has 1 aromatic heterocycles. The van der Waals surface area contributed by atoms with Gasteiger partial charge in [0.15, 0.2) is 0 Å². The Morgan fingerprint density at radius 1 is 1.29 bits per heavy atom. The van der Waals surface area contributed by atoms with Crippen LogP contribution in [0.3, 0.4) is 0 Å². The van der Waals surface area contributed by atoms with Gasteiger partial charge in [-0.25, -0.2) is 9.18 Å². The van der Waals surface area contributed by atoms with Gasteiger partial charge in [-0.2, -0.15) is 0 Å². The lowest BCUT2D eigenvalue weighted by Gasteiger charge is -2.16. The second-order valence-corrected chi connectivity index (χ2v) is 6.38. The van der Waals surface area contributed by atoms with E-state index in [1.54, 1.807) is 0 Å². The van der Waals surface area contributed by atoms with Gasteiger partial charge in [-0.15, -0.1) is 0 Å². The predicted molar refractivity (Wildman–Crippen MR) is 87.3 cm³/mol. The number of hydrogen-bond acceptors (Lipinski definition) is 3. The van der Waals surface area contributed by atoms with Crippen LogP contribution in [0.25, 0.3) is 10.9 Å². The highest BCUT2D eigenvalue weighted by Crippen LogP contribution is 2.42. The fourth-order valence-electron chi connectivity index (χ4n) is 3.72. The van der Waals surface area contributed by atoms with Gasteiger partial charge in [-0.05, 0) is 50.7 Å². The lowest BCUT2D eigenvalue weighted by Crippen LogP contribution is -2.20. The van der Waals surface area contributed by atoms with E-state index in [0.717, 1.165) is 11.3 Å². The van der Waals surface area contributed by atoms with Gasteiger partial charge in [-0.1, -0.05) is 0 Å². The molecule has 0 radical (unpaired) electrons. The van der Waals surface area contributed by atoms with Crippen LogP contribution in [-0.2, 0) is 4.74 Å². The maximum absolute atomic E-state index is 14.8. The molecule has 0 saturated heterocycles. The van der Waals surface area contributed by atoms with Crippen LogP contribution in [0.5, 0.6) is 0 Å². The van der Waals surface area contributed by atoms with E-state index >= 15 is 0 Å². The lowest BCUT2D eigenvalue weighted by molar-refractivity contribution is 0.1000. The molecule has 3 rings (SSSR count). The SMILES string of the molecule is Cc1[nH]c2c(C(N)=O)cc(F)c(C3CC[C@@H](OC(N)=O)C3)c2c1C. The molecule has 1 unspecified atom stereocenters. The number of aryl methyl sites for hydroxylation is 2. The van der Waals surface area contributed by atoms with Crippen LogP contribution in [0.2, 0.25) is 0 Å². The Hall–Kier alpha value is -2.57. The van der Waals surface area contributed by atoms with E-state index in [0.29, 0.717) is 35.7 Å². The van der Waals surface area contributed by atoms with Crippen molar-refractivity contribution in [1.29, 1.82) is 0 Å². The number of primary amides is 2. The molecule has 5 N–H and O–H groups in total. The summed E-state index contributed by atoms with van der Waals surface area (Å²) in [6, 6.07) is 1.19. The van der Waals surface area contributed by atoms with Gasteiger partial charge in [0.2, 0.25) is 0 Å². The summed E-state index contributed by atoms with van der Waals surface area (Å²) in [5, 5.41) is 0.700. The molecule has 2 aromatic rings. The summed E-state index contributed by atoms with van der Waals surface area (Å²) in [5.74, 6) is -1.23. The molecular formula is C17H20FN3O3. The number of aromatic nitrogens is 1. The van der Waals surface area contributed by atoms with Gasteiger partial charge in [0.1, 0.15) is 11.9 Å². The number of carbonyl (C=O) groups excluding carboxylic acids is 2. The molecule has 0 spiro atoms. The van der Waals surface area contributed by atoms with E-state index in [1.807, 2.05) is 13.8 Å². The van der Waals surface area contributed by atoms with Crippen LogP contribution in [0.15, 0.2) is 6.07 Å². The Balaban J connectivity index is 2.12. The van der Waals surface area contributed by atoms with Gasteiger partial charge in [0.25, 0.3) is 5.91 Å². The summed E-state index contributed by atoms with van der Waals surface area (Å²) in [6.45, 7) is 3.75. The normalized spacial score (nSPS) is 20.5. The maximum atomic E-state index is 14.8. The third kappa shape index (κ3) is 2.60. The van der Waals surface area contributed by atoms with Crippen molar-refractivity contribution in [1.82, 2.24) is 4.98 Å². The van der Waals surface area contributed by atoms with Gasteiger partial charge in [-0.3, -0.25) is 4.79 Å². The number of amides is 2. The number of rotatable bonds is 3. The smallest absolute Gasteiger partial charge is 0.404 e. The molecule has 2 amide bonds. The van der Waals surface area contributed by atoms with Gasteiger partial charge >= 0.3 is 6.09 Å². The van der Waals surface area contributed by atoms with Crippen molar-refractivity contribution in [2.45, 2.75) is 45.1 Å². The molecule has 1 heterocycles. The first kappa shape index (κ1) is 16.3. The zero-order valence-electron chi connectivity index (χ0n) is 13.6. The van der Waals surface area contributed by atoms with E-state index in [1.165, 1.54) is 6.07 Å². The average molecular weight is 333 g/mol. The van der Waals surface area contributed by atoms with Crippen LogP contribution in [0.1, 0.15) is 52.4 Å². The van der Waals surface area contributed by atoms with Gasteiger partial charge < -0.3 is 21.2 Å². The number of hydrogen-bond donors (Lipinski definition) is 3. The van der Waals surface area contributed by atoms with Crippen LogP contribution in [0.4, 0.5) is 9.18 Å².